The van der Waals surface area contributed by atoms with Crippen molar-refractivity contribution in [1.29, 1.82) is 0 Å². The van der Waals surface area contributed by atoms with Gasteiger partial charge in [0.1, 0.15) is 5.38 Å². The molecule has 1 N–H and O–H groups in total. The molecule has 1 unspecified atom stereocenters. The van der Waals surface area contributed by atoms with E-state index >= 15 is 0 Å². The van der Waals surface area contributed by atoms with E-state index in [0.717, 1.165) is 25.0 Å². The van der Waals surface area contributed by atoms with Crippen LogP contribution in [0.15, 0.2) is 30.3 Å². The van der Waals surface area contributed by atoms with Crippen molar-refractivity contribution in [2.45, 2.75) is 37.3 Å². The van der Waals surface area contributed by atoms with Crippen molar-refractivity contribution >= 4 is 17.5 Å². The fraction of sp³-hybridized carbons (Fsp3) is 0.500. The maximum Gasteiger partial charge on any atom is 0.242 e. The van der Waals surface area contributed by atoms with E-state index in [4.69, 9.17) is 16.3 Å². The van der Waals surface area contributed by atoms with Gasteiger partial charge in [0.2, 0.25) is 5.91 Å². The number of hydrogen-bond donors (Lipinski definition) is 1. The average molecular weight is 268 g/mol. The van der Waals surface area contributed by atoms with Gasteiger partial charge in [0.05, 0.1) is 6.10 Å². The molecular weight excluding hydrogens is 250 g/mol. The summed E-state index contributed by atoms with van der Waals surface area (Å²) in [6.07, 6.45) is 2.07. The van der Waals surface area contributed by atoms with Crippen LogP contribution in [0.2, 0.25) is 0 Å². The molecule has 0 heterocycles. The maximum atomic E-state index is 11.9. The van der Waals surface area contributed by atoms with Crippen molar-refractivity contribution in [3.8, 4) is 0 Å². The van der Waals surface area contributed by atoms with Gasteiger partial charge in [-0.3, -0.25) is 4.79 Å². The van der Waals surface area contributed by atoms with Crippen LogP contribution in [0, 0.1) is 0 Å². The molecule has 18 heavy (non-hydrogen) atoms. The molecule has 1 aromatic carbocycles. The van der Waals surface area contributed by atoms with Crippen LogP contribution in [0.1, 0.15) is 30.7 Å². The summed E-state index contributed by atoms with van der Waals surface area (Å²) >= 11 is 6.14. The smallest absolute Gasteiger partial charge is 0.242 e. The van der Waals surface area contributed by atoms with Crippen molar-refractivity contribution in [2.75, 3.05) is 6.61 Å². The largest absolute Gasteiger partial charge is 0.378 e. The minimum Gasteiger partial charge on any atom is -0.378 e. The second kappa shape index (κ2) is 6.21. The maximum absolute atomic E-state index is 11.9. The fourth-order valence-electron chi connectivity index (χ4n) is 2.10. The molecule has 1 aromatic rings. The predicted molar refractivity (Wildman–Crippen MR) is 71.6 cm³/mol. The molecule has 98 valence electrons. The van der Waals surface area contributed by atoms with Gasteiger partial charge in [0.15, 0.2) is 0 Å². The lowest BCUT2D eigenvalue weighted by atomic mass is 9.89. The number of rotatable bonds is 5. The first kappa shape index (κ1) is 13.4. The first-order valence-electron chi connectivity index (χ1n) is 6.31. The van der Waals surface area contributed by atoms with Crippen molar-refractivity contribution in [2.24, 2.45) is 0 Å². The van der Waals surface area contributed by atoms with Crippen molar-refractivity contribution in [1.82, 2.24) is 5.32 Å². The van der Waals surface area contributed by atoms with Crippen molar-refractivity contribution < 1.29 is 9.53 Å². The summed E-state index contributed by atoms with van der Waals surface area (Å²) in [5.74, 6) is -0.122. The Labute approximate surface area is 112 Å². The molecule has 0 aromatic heterocycles. The lowest BCUT2D eigenvalue weighted by Crippen LogP contribution is -2.48. The number of ether oxygens (including phenoxy) is 1. The van der Waals surface area contributed by atoms with Gasteiger partial charge in [0, 0.05) is 12.6 Å². The molecule has 0 radical (unpaired) electrons. The van der Waals surface area contributed by atoms with E-state index in [1.165, 1.54) is 0 Å². The van der Waals surface area contributed by atoms with Gasteiger partial charge in [-0.1, -0.05) is 30.3 Å². The molecule has 0 spiro atoms. The summed E-state index contributed by atoms with van der Waals surface area (Å²) < 4.78 is 5.45. The second-order valence-corrected chi connectivity index (χ2v) is 4.96. The highest BCUT2D eigenvalue weighted by atomic mass is 35.5. The zero-order valence-electron chi connectivity index (χ0n) is 10.4. The molecule has 1 atom stereocenters. The highest BCUT2D eigenvalue weighted by molar-refractivity contribution is 6.30. The Morgan fingerprint density at radius 3 is 2.72 bits per heavy atom. The summed E-state index contributed by atoms with van der Waals surface area (Å²) in [5.41, 5.74) is 0.831. The van der Waals surface area contributed by atoms with Crippen LogP contribution in [0.4, 0.5) is 0 Å². The van der Waals surface area contributed by atoms with E-state index in [1.54, 1.807) is 0 Å². The van der Waals surface area contributed by atoms with Gasteiger partial charge in [-0.2, -0.15) is 0 Å². The standard InChI is InChI=1S/C14H18ClNO2/c1-2-18-12-8-11(9-12)16-14(17)13(15)10-6-4-3-5-7-10/h3-7,11-13H,2,8-9H2,1H3,(H,16,17). The van der Waals surface area contributed by atoms with E-state index in [1.807, 2.05) is 37.3 Å². The molecule has 0 bridgehead atoms. The van der Waals surface area contributed by atoms with Gasteiger partial charge in [-0.15, -0.1) is 11.6 Å². The van der Waals surface area contributed by atoms with Crippen LogP contribution in [-0.2, 0) is 9.53 Å². The first-order valence-corrected chi connectivity index (χ1v) is 6.75. The molecule has 1 fully saturated rings. The lowest BCUT2D eigenvalue weighted by molar-refractivity contribution is -0.123. The van der Waals surface area contributed by atoms with Gasteiger partial charge in [-0.25, -0.2) is 0 Å². The Kier molecular flexibility index (Phi) is 4.61. The topological polar surface area (TPSA) is 38.3 Å². The summed E-state index contributed by atoms with van der Waals surface area (Å²) in [4.78, 5) is 11.9. The highest BCUT2D eigenvalue weighted by Gasteiger charge is 2.32. The summed E-state index contributed by atoms with van der Waals surface area (Å²) in [7, 11) is 0. The monoisotopic (exact) mass is 267 g/mol. The van der Waals surface area contributed by atoms with Crippen LogP contribution in [0.3, 0.4) is 0 Å². The van der Waals surface area contributed by atoms with Gasteiger partial charge < -0.3 is 10.1 Å². The van der Waals surface area contributed by atoms with E-state index < -0.39 is 5.38 Å². The Balaban J connectivity index is 1.79. The average Bonchev–Trinajstić information content (AvgIpc) is 2.36. The molecule has 4 heteroatoms. The number of halogens is 1. The summed E-state index contributed by atoms with van der Waals surface area (Å²) in [6, 6.07) is 9.60. The number of benzene rings is 1. The normalized spacial score (nSPS) is 24.1. The van der Waals surface area contributed by atoms with Gasteiger partial charge in [0.25, 0.3) is 0 Å². The molecule has 1 aliphatic carbocycles. The zero-order chi connectivity index (χ0) is 13.0. The molecule has 1 saturated carbocycles. The Morgan fingerprint density at radius 1 is 1.44 bits per heavy atom. The molecule has 2 rings (SSSR count). The van der Waals surface area contributed by atoms with E-state index in [-0.39, 0.29) is 11.9 Å². The predicted octanol–water partition coefficient (Wildman–Crippen LogP) is 2.65. The van der Waals surface area contributed by atoms with Crippen LogP contribution in [0.5, 0.6) is 0 Å². The zero-order valence-corrected chi connectivity index (χ0v) is 11.2. The Bertz CT molecular complexity index is 390. The second-order valence-electron chi connectivity index (χ2n) is 4.53. The van der Waals surface area contributed by atoms with Crippen molar-refractivity contribution in [3.05, 3.63) is 35.9 Å². The molecular formula is C14H18ClNO2. The molecule has 1 aliphatic rings. The first-order chi connectivity index (χ1) is 8.70. The molecule has 0 saturated heterocycles. The number of alkyl halides is 1. The number of carbonyl (C=O) groups excluding carboxylic acids is 1. The van der Waals surface area contributed by atoms with Crippen LogP contribution in [-0.4, -0.2) is 24.7 Å². The lowest BCUT2D eigenvalue weighted by Gasteiger charge is -2.35. The van der Waals surface area contributed by atoms with Crippen molar-refractivity contribution in [3.63, 3.8) is 0 Å². The van der Waals surface area contributed by atoms with Crippen LogP contribution < -0.4 is 5.32 Å². The number of hydrogen-bond acceptors (Lipinski definition) is 2. The SMILES string of the molecule is CCOC1CC(NC(=O)C(Cl)c2ccccc2)C1. The van der Waals surface area contributed by atoms with E-state index in [9.17, 15) is 4.79 Å². The fourth-order valence-corrected chi connectivity index (χ4v) is 2.31. The third kappa shape index (κ3) is 3.24. The van der Waals surface area contributed by atoms with Gasteiger partial charge in [-0.05, 0) is 25.3 Å². The minimum absolute atomic E-state index is 0.122. The molecule has 1 amide bonds. The Morgan fingerprint density at radius 2 is 2.11 bits per heavy atom. The quantitative estimate of drug-likeness (QED) is 0.833. The number of nitrogens with one attached hydrogen (secondary N) is 1. The van der Waals surface area contributed by atoms with Gasteiger partial charge >= 0.3 is 0 Å². The molecule has 0 aliphatic heterocycles. The summed E-state index contributed by atoms with van der Waals surface area (Å²) in [6.45, 7) is 2.71. The number of carbonyl (C=O) groups is 1. The third-order valence-electron chi connectivity index (χ3n) is 3.17. The molecule has 3 nitrogen and oxygen atoms in total. The van der Waals surface area contributed by atoms with Crippen LogP contribution in [0.25, 0.3) is 0 Å². The Hall–Kier alpha value is -1.06. The minimum atomic E-state index is -0.614. The van der Waals surface area contributed by atoms with E-state index in [0.29, 0.717) is 6.10 Å². The summed E-state index contributed by atoms with van der Waals surface area (Å²) in [5, 5.41) is 2.34. The van der Waals surface area contributed by atoms with Crippen LogP contribution >= 0.6 is 11.6 Å². The third-order valence-corrected chi connectivity index (χ3v) is 3.62. The number of amides is 1. The highest BCUT2D eigenvalue weighted by Crippen LogP contribution is 2.26. The van der Waals surface area contributed by atoms with E-state index in [2.05, 4.69) is 5.32 Å².